The Morgan fingerprint density at radius 3 is 2.72 bits per heavy atom. The van der Waals surface area contributed by atoms with Gasteiger partial charge in [-0.15, -0.1) is 0 Å². The van der Waals surface area contributed by atoms with E-state index >= 15 is 0 Å². The predicted octanol–water partition coefficient (Wildman–Crippen LogP) is 6.45. The molecular formula is C31H27FN6O. The van der Waals surface area contributed by atoms with Gasteiger partial charge in [-0.2, -0.15) is 5.10 Å². The molecule has 0 spiro atoms. The third-order valence-electron chi connectivity index (χ3n) is 7.41. The highest BCUT2D eigenvalue weighted by Gasteiger charge is 2.16. The first kappa shape index (κ1) is 23.5. The van der Waals surface area contributed by atoms with Gasteiger partial charge in [0.25, 0.3) is 0 Å². The Morgan fingerprint density at radius 2 is 1.82 bits per heavy atom. The fourth-order valence-corrected chi connectivity index (χ4v) is 5.42. The maximum Gasteiger partial charge on any atom is 0.138 e. The van der Waals surface area contributed by atoms with Crippen LogP contribution in [0.15, 0.2) is 79.3 Å². The van der Waals surface area contributed by atoms with E-state index in [1.54, 1.807) is 18.5 Å². The molecule has 39 heavy (non-hydrogen) atoms. The van der Waals surface area contributed by atoms with Gasteiger partial charge in [0.05, 0.1) is 17.4 Å². The lowest BCUT2D eigenvalue weighted by atomic mass is 10.0. The lowest BCUT2D eigenvalue weighted by Gasteiger charge is -2.15. The smallest absolute Gasteiger partial charge is 0.138 e. The molecule has 194 valence electrons. The van der Waals surface area contributed by atoms with E-state index in [-0.39, 0.29) is 5.82 Å². The second-order valence-electron chi connectivity index (χ2n) is 9.95. The summed E-state index contributed by atoms with van der Waals surface area (Å²) in [6.07, 6.45) is 7.91. The Bertz CT molecular complexity index is 1790. The zero-order valence-electron chi connectivity index (χ0n) is 21.3. The number of ether oxygens (including phenoxy) is 1. The van der Waals surface area contributed by atoms with E-state index in [4.69, 9.17) is 4.74 Å². The maximum absolute atomic E-state index is 13.9. The molecule has 7 nitrogen and oxygen atoms in total. The van der Waals surface area contributed by atoms with E-state index in [1.165, 1.54) is 25.0 Å². The lowest BCUT2D eigenvalue weighted by molar-refractivity contribution is 0.237. The molecule has 0 amide bonds. The lowest BCUT2D eigenvalue weighted by Crippen LogP contribution is -2.25. The molecule has 0 aliphatic carbocycles. The van der Waals surface area contributed by atoms with Gasteiger partial charge >= 0.3 is 0 Å². The third-order valence-corrected chi connectivity index (χ3v) is 7.41. The van der Waals surface area contributed by atoms with Crippen molar-refractivity contribution in [2.45, 2.75) is 12.8 Å². The summed E-state index contributed by atoms with van der Waals surface area (Å²) in [4.78, 5) is 14.8. The highest BCUT2D eigenvalue weighted by molar-refractivity contribution is 6.00. The quantitative estimate of drug-likeness (QED) is 0.254. The Labute approximate surface area is 224 Å². The molecule has 1 aliphatic heterocycles. The summed E-state index contributed by atoms with van der Waals surface area (Å²) in [5.74, 6) is 0.500. The SMILES string of the molecule is Fc1cccc(-c2ccnc3[nH]c(-c4n[nH]c5ccc(-c6cncc(OCCN7CCCC7)c6)cc45)cc23)c1. The Morgan fingerprint density at radius 1 is 0.897 bits per heavy atom. The summed E-state index contributed by atoms with van der Waals surface area (Å²) in [5.41, 5.74) is 7.00. The van der Waals surface area contributed by atoms with Crippen LogP contribution < -0.4 is 4.74 Å². The second kappa shape index (κ2) is 9.96. The van der Waals surface area contributed by atoms with E-state index in [1.807, 2.05) is 36.5 Å². The third kappa shape index (κ3) is 4.64. The van der Waals surface area contributed by atoms with Crippen LogP contribution in [0.3, 0.4) is 0 Å². The van der Waals surface area contributed by atoms with Crippen LogP contribution in [0.2, 0.25) is 0 Å². The van der Waals surface area contributed by atoms with Gasteiger partial charge in [0.15, 0.2) is 0 Å². The maximum atomic E-state index is 13.9. The van der Waals surface area contributed by atoms with Crippen molar-refractivity contribution < 1.29 is 9.13 Å². The van der Waals surface area contributed by atoms with Crippen LogP contribution in [-0.2, 0) is 0 Å². The summed E-state index contributed by atoms with van der Waals surface area (Å²) >= 11 is 0. The molecule has 2 N–H and O–H groups in total. The number of nitrogens with one attached hydrogen (secondary N) is 2. The van der Waals surface area contributed by atoms with E-state index in [0.29, 0.717) is 6.61 Å². The van der Waals surface area contributed by atoms with Gasteiger partial charge in [0.2, 0.25) is 0 Å². The molecule has 0 radical (unpaired) electrons. The van der Waals surface area contributed by atoms with Crippen LogP contribution in [0.1, 0.15) is 12.8 Å². The molecular weight excluding hydrogens is 491 g/mol. The first-order chi connectivity index (χ1) is 19.2. The molecule has 6 aromatic rings. The van der Waals surface area contributed by atoms with Crippen LogP contribution in [0, 0.1) is 5.82 Å². The average molecular weight is 519 g/mol. The van der Waals surface area contributed by atoms with Crippen molar-refractivity contribution in [1.82, 2.24) is 30.0 Å². The summed E-state index contributed by atoms with van der Waals surface area (Å²) in [6.45, 7) is 3.91. The number of fused-ring (bicyclic) bond motifs is 2. The zero-order chi connectivity index (χ0) is 26.2. The molecule has 0 saturated carbocycles. The number of aromatic nitrogens is 5. The van der Waals surface area contributed by atoms with Crippen molar-refractivity contribution in [3.8, 4) is 39.4 Å². The molecule has 7 rings (SSSR count). The number of rotatable bonds is 7. The number of hydrogen-bond acceptors (Lipinski definition) is 5. The topological polar surface area (TPSA) is 82.7 Å². The Balaban J connectivity index is 1.20. The van der Waals surface area contributed by atoms with Gasteiger partial charge < -0.3 is 9.72 Å². The van der Waals surface area contributed by atoms with Gasteiger partial charge in [-0.1, -0.05) is 18.2 Å². The standard InChI is InChI=1S/C31H27FN6O/c32-23-5-3-4-21(14-23)25-8-9-34-31-26(25)17-29(35-31)30-27-16-20(6-7-28(27)36-37-30)22-15-24(19-33-18-22)39-13-12-38-10-1-2-11-38/h3-9,14-19H,1-2,10-13H2,(H,34,35)(H,36,37). The monoisotopic (exact) mass is 518 g/mol. The Kier molecular flexibility index (Phi) is 6.01. The van der Waals surface area contributed by atoms with Gasteiger partial charge in [-0.25, -0.2) is 9.37 Å². The second-order valence-corrected chi connectivity index (χ2v) is 9.95. The van der Waals surface area contributed by atoms with E-state index in [9.17, 15) is 4.39 Å². The number of hydrogen-bond donors (Lipinski definition) is 2. The molecule has 0 unspecified atom stereocenters. The number of benzene rings is 2. The number of aromatic amines is 2. The van der Waals surface area contributed by atoms with E-state index < -0.39 is 0 Å². The highest BCUT2D eigenvalue weighted by Crippen LogP contribution is 2.35. The van der Waals surface area contributed by atoms with Crippen molar-refractivity contribution in [3.05, 3.63) is 85.1 Å². The van der Waals surface area contributed by atoms with Crippen LogP contribution >= 0.6 is 0 Å². The largest absolute Gasteiger partial charge is 0.491 e. The number of nitrogens with zero attached hydrogens (tertiary/aromatic N) is 4. The zero-order valence-corrected chi connectivity index (χ0v) is 21.3. The molecule has 0 atom stereocenters. The van der Waals surface area contributed by atoms with Gasteiger partial charge in [0, 0.05) is 35.3 Å². The summed E-state index contributed by atoms with van der Waals surface area (Å²) in [6, 6.07) is 18.8. The molecule has 2 aromatic carbocycles. The van der Waals surface area contributed by atoms with Gasteiger partial charge in [-0.05, 0) is 85.1 Å². The minimum absolute atomic E-state index is 0.269. The molecule has 8 heteroatoms. The fraction of sp³-hybridized carbons (Fsp3) is 0.194. The minimum Gasteiger partial charge on any atom is -0.491 e. The van der Waals surface area contributed by atoms with E-state index in [0.717, 1.165) is 81.0 Å². The Hall–Kier alpha value is -4.56. The van der Waals surface area contributed by atoms with Crippen molar-refractivity contribution >= 4 is 21.9 Å². The van der Waals surface area contributed by atoms with Crippen molar-refractivity contribution in [3.63, 3.8) is 0 Å². The van der Waals surface area contributed by atoms with E-state index in [2.05, 4.69) is 42.2 Å². The first-order valence-electron chi connectivity index (χ1n) is 13.2. The summed E-state index contributed by atoms with van der Waals surface area (Å²) < 4.78 is 20.0. The molecule has 1 aliphatic rings. The van der Waals surface area contributed by atoms with Crippen molar-refractivity contribution in [2.24, 2.45) is 0 Å². The van der Waals surface area contributed by atoms with Crippen LogP contribution in [0.4, 0.5) is 4.39 Å². The number of pyridine rings is 2. The molecule has 4 aromatic heterocycles. The number of halogens is 1. The summed E-state index contributed by atoms with van der Waals surface area (Å²) in [5, 5.41) is 9.65. The van der Waals surface area contributed by atoms with Crippen LogP contribution in [0.5, 0.6) is 5.75 Å². The highest BCUT2D eigenvalue weighted by atomic mass is 19.1. The molecule has 1 saturated heterocycles. The van der Waals surface area contributed by atoms with Crippen LogP contribution in [-0.4, -0.2) is 56.3 Å². The average Bonchev–Trinajstić information content (AvgIpc) is 3.72. The van der Waals surface area contributed by atoms with Gasteiger partial charge in [-0.3, -0.25) is 15.0 Å². The van der Waals surface area contributed by atoms with Crippen molar-refractivity contribution in [1.29, 1.82) is 0 Å². The van der Waals surface area contributed by atoms with Crippen molar-refractivity contribution in [2.75, 3.05) is 26.2 Å². The number of H-pyrrole nitrogens is 2. The molecule has 0 bridgehead atoms. The molecule has 1 fully saturated rings. The fourth-order valence-electron chi connectivity index (χ4n) is 5.42. The first-order valence-corrected chi connectivity index (χ1v) is 13.2. The molecule has 5 heterocycles. The summed E-state index contributed by atoms with van der Waals surface area (Å²) in [7, 11) is 0. The minimum atomic E-state index is -0.269. The van der Waals surface area contributed by atoms with Crippen LogP contribution in [0.25, 0.3) is 55.6 Å². The normalized spacial score (nSPS) is 14.0. The predicted molar refractivity (Wildman–Crippen MR) is 151 cm³/mol. The number of likely N-dealkylation sites (tertiary alicyclic amines) is 1. The van der Waals surface area contributed by atoms with Gasteiger partial charge in [0.1, 0.15) is 29.5 Å².